The van der Waals surface area contributed by atoms with E-state index in [-0.39, 0.29) is 23.0 Å². The molecular formula is C20H20FN3O2S2. The maximum absolute atomic E-state index is 13.1. The van der Waals surface area contributed by atoms with Gasteiger partial charge in [0, 0.05) is 17.1 Å². The molecule has 1 aliphatic carbocycles. The molecule has 5 nitrogen and oxygen atoms in total. The van der Waals surface area contributed by atoms with Crippen LogP contribution in [0.1, 0.15) is 30.2 Å². The summed E-state index contributed by atoms with van der Waals surface area (Å²) >= 11 is 2.82. The molecule has 4 rings (SSSR count). The second-order valence-corrected chi connectivity index (χ2v) is 8.71. The molecule has 0 saturated carbocycles. The van der Waals surface area contributed by atoms with E-state index in [9.17, 15) is 14.0 Å². The summed E-state index contributed by atoms with van der Waals surface area (Å²) in [5.41, 5.74) is 1.68. The van der Waals surface area contributed by atoms with Gasteiger partial charge in [-0.05, 0) is 62.4 Å². The number of aromatic nitrogens is 2. The summed E-state index contributed by atoms with van der Waals surface area (Å²) in [4.78, 5) is 36.3. The van der Waals surface area contributed by atoms with Crippen LogP contribution in [0.25, 0.3) is 10.2 Å². The second-order valence-electron chi connectivity index (χ2n) is 6.67. The maximum atomic E-state index is 13.1. The van der Waals surface area contributed by atoms with Crippen molar-refractivity contribution < 1.29 is 9.18 Å². The summed E-state index contributed by atoms with van der Waals surface area (Å²) in [6.07, 6.45) is 4.22. The molecule has 0 unspecified atom stereocenters. The number of hydrogen-bond acceptors (Lipinski definition) is 5. The van der Waals surface area contributed by atoms with Crippen molar-refractivity contribution in [3.63, 3.8) is 0 Å². The number of fused-ring (bicyclic) bond motifs is 3. The number of halogens is 1. The van der Waals surface area contributed by atoms with Crippen LogP contribution in [-0.4, -0.2) is 28.2 Å². The van der Waals surface area contributed by atoms with E-state index < -0.39 is 0 Å². The number of thioether (sulfide) groups is 1. The molecule has 0 saturated heterocycles. The van der Waals surface area contributed by atoms with Gasteiger partial charge in [-0.1, -0.05) is 11.8 Å². The van der Waals surface area contributed by atoms with Crippen LogP contribution < -0.4 is 10.5 Å². The molecule has 2 heterocycles. The number of hydrogen-bond donors (Lipinski definition) is 1. The van der Waals surface area contributed by atoms with Crippen LogP contribution >= 0.6 is 23.1 Å². The molecule has 146 valence electrons. The molecule has 0 radical (unpaired) electrons. The molecule has 1 N–H and O–H groups in total. The smallest absolute Gasteiger partial charge is 0.260 e. The quantitative estimate of drug-likeness (QED) is 0.500. The van der Waals surface area contributed by atoms with Crippen molar-refractivity contribution >= 4 is 44.9 Å². The Morgan fingerprint density at radius 3 is 2.79 bits per heavy atom. The average molecular weight is 418 g/mol. The summed E-state index contributed by atoms with van der Waals surface area (Å²) in [6.45, 7) is 2.35. The van der Waals surface area contributed by atoms with Crippen LogP contribution in [0.15, 0.2) is 34.2 Å². The van der Waals surface area contributed by atoms with Crippen molar-refractivity contribution in [2.75, 3.05) is 17.2 Å². The van der Waals surface area contributed by atoms with Crippen molar-refractivity contribution in [3.05, 3.63) is 50.9 Å². The third kappa shape index (κ3) is 3.71. The average Bonchev–Trinajstić information content (AvgIpc) is 3.07. The van der Waals surface area contributed by atoms with Crippen LogP contribution in [0.3, 0.4) is 0 Å². The zero-order valence-corrected chi connectivity index (χ0v) is 17.1. The highest BCUT2D eigenvalue weighted by molar-refractivity contribution is 7.99. The van der Waals surface area contributed by atoms with Crippen LogP contribution in [0.2, 0.25) is 0 Å². The minimum Gasteiger partial charge on any atom is -0.312 e. The third-order valence-electron chi connectivity index (χ3n) is 4.89. The Hall–Kier alpha value is -2.19. The first-order chi connectivity index (χ1) is 13.6. The monoisotopic (exact) mass is 417 g/mol. The Morgan fingerprint density at radius 1 is 1.29 bits per heavy atom. The first-order valence-electron chi connectivity index (χ1n) is 9.30. The van der Waals surface area contributed by atoms with E-state index in [1.165, 1.54) is 28.8 Å². The van der Waals surface area contributed by atoms with Gasteiger partial charge in [0.05, 0.1) is 11.1 Å². The lowest BCUT2D eigenvalue weighted by Crippen LogP contribution is -2.32. The zero-order valence-electron chi connectivity index (χ0n) is 15.5. The lowest BCUT2D eigenvalue weighted by Gasteiger charge is -2.20. The molecule has 1 amide bonds. The van der Waals surface area contributed by atoms with Gasteiger partial charge in [-0.15, -0.1) is 11.3 Å². The normalized spacial score (nSPS) is 13.5. The highest BCUT2D eigenvalue weighted by atomic mass is 32.2. The van der Waals surface area contributed by atoms with Crippen molar-refractivity contribution in [2.45, 2.75) is 37.8 Å². The van der Waals surface area contributed by atoms with Crippen molar-refractivity contribution in [1.82, 2.24) is 9.97 Å². The molecule has 8 heteroatoms. The van der Waals surface area contributed by atoms with Crippen LogP contribution in [0, 0.1) is 5.82 Å². The SMILES string of the molecule is CCN(C(=O)CSc1nc2sc3c(c2c(=O)[nH]1)CCCC3)c1ccc(F)cc1. The highest BCUT2D eigenvalue weighted by Crippen LogP contribution is 2.34. The highest BCUT2D eigenvalue weighted by Gasteiger charge is 2.20. The Morgan fingerprint density at radius 2 is 2.04 bits per heavy atom. The summed E-state index contributed by atoms with van der Waals surface area (Å²) in [5.74, 6) is -0.312. The lowest BCUT2D eigenvalue weighted by atomic mass is 9.97. The number of H-pyrrole nitrogens is 1. The molecule has 0 bridgehead atoms. The molecule has 0 spiro atoms. The third-order valence-corrected chi connectivity index (χ3v) is 6.94. The number of rotatable bonds is 5. The van der Waals surface area contributed by atoms with Crippen LogP contribution in [0.5, 0.6) is 0 Å². The molecular weight excluding hydrogens is 397 g/mol. The van der Waals surface area contributed by atoms with Crippen LogP contribution in [-0.2, 0) is 17.6 Å². The fraction of sp³-hybridized carbons (Fsp3) is 0.350. The van der Waals surface area contributed by atoms with E-state index in [4.69, 9.17) is 0 Å². The standard InChI is InChI=1S/C20H20FN3O2S2/c1-2-24(13-9-7-12(21)8-10-13)16(25)11-27-20-22-18(26)17-14-5-3-4-6-15(14)28-19(17)23-20/h7-10H,2-6,11H2,1H3,(H,22,23,26). The number of carbonyl (C=O) groups is 1. The van der Waals surface area contributed by atoms with Gasteiger partial charge >= 0.3 is 0 Å². The van der Waals surface area contributed by atoms with E-state index >= 15 is 0 Å². The molecule has 0 fully saturated rings. The van der Waals surface area contributed by atoms with Gasteiger partial charge in [0.2, 0.25) is 5.91 Å². The zero-order chi connectivity index (χ0) is 19.7. The van der Waals surface area contributed by atoms with Gasteiger partial charge in [0.25, 0.3) is 5.56 Å². The number of thiophene rings is 1. The number of anilines is 1. The van der Waals surface area contributed by atoms with Crippen LogP contribution in [0.4, 0.5) is 10.1 Å². The number of nitrogens with one attached hydrogen (secondary N) is 1. The Labute approximate surface area is 170 Å². The minimum atomic E-state index is -0.338. The fourth-order valence-electron chi connectivity index (χ4n) is 3.54. The summed E-state index contributed by atoms with van der Waals surface area (Å²) in [5, 5.41) is 1.18. The van der Waals surface area contributed by atoms with Crippen molar-refractivity contribution in [3.8, 4) is 0 Å². The maximum Gasteiger partial charge on any atom is 0.260 e. The van der Waals surface area contributed by atoms with Gasteiger partial charge in [-0.2, -0.15) is 0 Å². The van der Waals surface area contributed by atoms with Crippen molar-refractivity contribution in [1.29, 1.82) is 0 Å². The van der Waals surface area contributed by atoms with Gasteiger partial charge in [0.1, 0.15) is 10.6 Å². The lowest BCUT2D eigenvalue weighted by molar-refractivity contribution is -0.116. The number of amides is 1. The molecule has 2 aromatic heterocycles. The van der Waals surface area contributed by atoms with Gasteiger partial charge in [0.15, 0.2) is 5.16 Å². The summed E-state index contributed by atoms with van der Waals surface area (Å²) in [7, 11) is 0. The van der Waals surface area contributed by atoms with Gasteiger partial charge in [-0.25, -0.2) is 9.37 Å². The first kappa shape index (κ1) is 19.1. The van der Waals surface area contributed by atoms with E-state index in [2.05, 4.69) is 9.97 Å². The second kappa shape index (κ2) is 8.05. The topological polar surface area (TPSA) is 66.1 Å². The predicted molar refractivity (Wildman–Crippen MR) is 112 cm³/mol. The Kier molecular flexibility index (Phi) is 5.50. The fourth-order valence-corrected chi connectivity index (χ4v) is 5.60. The van der Waals surface area contributed by atoms with Crippen molar-refractivity contribution in [2.24, 2.45) is 0 Å². The molecule has 28 heavy (non-hydrogen) atoms. The minimum absolute atomic E-state index is 0.118. The van der Waals surface area contributed by atoms with E-state index in [1.807, 2.05) is 6.92 Å². The van der Waals surface area contributed by atoms with E-state index in [0.29, 0.717) is 17.4 Å². The largest absolute Gasteiger partial charge is 0.312 e. The molecule has 1 aromatic carbocycles. The molecule has 1 aliphatic rings. The predicted octanol–water partition coefficient (Wildman–Crippen LogP) is 4.15. The number of aromatic amines is 1. The number of aryl methyl sites for hydroxylation is 2. The first-order valence-corrected chi connectivity index (χ1v) is 11.1. The number of nitrogens with zero attached hydrogens (tertiary/aromatic N) is 2. The Bertz CT molecular complexity index is 1080. The number of benzene rings is 1. The Balaban J connectivity index is 1.52. The molecule has 0 atom stereocenters. The molecule has 3 aromatic rings. The summed E-state index contributed by atoms with van der Waals surface area (Å²) in [6, 6.07) is 5.85. The van der Waals surface area contributed by atoms with E-state index in [0.717, 1.165) is 41.5 Å². The summed E-state index contributed by atoms with van der Waals surface area (Å²) < 4.78 is 13.1. The van der Waals surface area contributed by atoms with E-state index in [1.54, 1.807) is 28.4 Å². The van der Waals surface area contributed by atoms with Gasteiger partial charge < -0.3 is 9.88 Å². The molecule has 0 aliphatic heterocycles. The van der Waals surface area contributed by atoms with Gasteiger partial charge in [-0.3, -0.25) is 9.59 Å². The number of carbonyl (C=O) groups excluding carboxylic acids is 1.